The Kier molecular flexibility index (Phi) is 2.37. The summed E-state index contributed by atoms with van der Waals surface area (Å²) >= 11 is 3.39. The fourth-order valence-corrected chi connectivity index (χ4v) is 1.69. The van der Waals surface area contributed by atoms with Crippen LogP contribution in [0.2, 0.25) is 0 Å². The molecule has 4 heteroatoms. The number of hydrogen-bond acceptors (Lipinski definition) is 3. The number of aromatic nitrogens is 2. The first-order valence-electron chi connectivity index (χ1n) is 4.42. The van der Waals surface area contributed by atoms with E-state index in [0.717, 1.165) is 27.6 Å². The van der Waals surface area contributed by atoms with Crippen LogP contribution in [0.4, 0.5) is 5.82 Å². The number of halogens is 1. The molecule has 0 unspecified atom stereocenters. The van der Waals surface area contributed by atoms with Crippen molar-refractivity contribution in [2.75, 3.05) is 5.73 Å². The molecule has 1 heterocycles. The number of nitrogen functional groups attached to an aromatic ring is 1. The fraction of sp³-hybridized carbons (Fsp3) is 0.200. The minimum absolute atomic E-state index is 0.549. The van der Waals surface area contributed by atoms with Gasteiger partial charge in [0, 0.05) is 16.3 Å². The second-order valence-electron chi connectivity index (χ2n) is 3.04. The van der Waals surface area contributed by atoms with Gasteiger partial charge in [0.25, 0.3) is 0 Å². The number of fused-ring (bicyclic) bond motifs is 1. The van der Waals surface area contributed by atoms with Crippen molar-refractivity contribution in [3.05, 3.63) is 28.5 Å². The van der Waals surface area contributed by atoms with Crippen LogP contribution in [-0.2, 0) is 6.42 Å². The molecule has 0 spiro atoms. The van der Waals surface area contributed by atoms with Crippen LogP contribution < -0.4 is 5.73 Å². The Morgan fingerprint density at radius 2 is 2.14 bits per heavy atom. The van der Waals surface area contributed by atoms with Gasteiger partial charge in [0.1, 0.15) is 11.6 Å². The molecule has 72 valence electrons. The summed E-state index contributed by atoms with van der Waals surface area (Å²) in [6, 6.07) is 5.83. The van der Waals surface area contributed by atoms with Gasteiger partial charge in [0.05, 0.1) is 5.52 Å². The van der Waals surface area contributed by atoms with E-state index in [-0.39, 0.29) is 0 Å². The number of nitrogens with zero attached hydrogens (tertiary/aromatic N) is 2. The standard InChI is InChI=1S/C10H10BrN3/c1-2-9-13-8-4-3-6(11)5-7(8)10(12)14-9/h3-5H,2H2,1H3,(H2,12,13,14). The Bertz CT molecular complexity index is 482. The van der Waals surface area contributed by atoms with Crippen LogP contribution in [0.3, 0.4) is 0 Å². The zero-order valence-electron chi connectivity index (χ0n) is 7.79. The molecule has 0 aliphatic heterocycles. The molecular weight excluding hydrogens is 242 g/mol. The van der Waals surface area contributed by atoms with E-state index in [9.17, 15) is 0 Å². The SMILES string of the molecule is CCc1nc(N)c2cc(Br)ccc2n1. The van der Waals surface area contributed by atoms with Gasteiger partial charge in [-0.15, -0.1) is 0 Å². The van der Waals surface area contributed by atoms with Crippen LogP contribution >= 0.6 is 15.9 Å². The fourth-order valence-electron chi connectivity index (χ4n) is 1.33. The molecule has 2 rings (SSSR count). The maximum Gasteiger partial charge on any atom is 0.135 e. The maximum atomic E-state index is 5.83. The molecule has 2 aromatic rings. The third-order valence-corrected chi connectivity index (χ3v) is 2.54. The number of anilines is 1. The topological polar surface area (TPSA) is 51.8 Å². The molecule has 0 atom stereocenters. The monoisotopic (exact) mass is 251 g/mol. The van der Waals surface area contributed by atoms with E-state index >= 15 is 0 Å². The van der Waals surface area contributed by atoms with E-state index in [2.05, 4.69) is 25.9 Å². The Hall–Kier alpha value is -1.16. The first-order valence-corrected chi connectivity index (χ1v) is 5.21. The van der Waals surface area contributed by atoms with Gasteiger partial charge in [0.2, 0.25) is 0 Å². The second-order valence-corrected chi connectivity index (χ2v) is 3.96. The third-order valence-electron chi connectivity index (χ3n) is 2.05. The van der Waals surface area contributed by atoms with Gasteiger partial charge < -0.3 is 5.73 Å². The van der Waals surface area contributed by atoms with Crippen molar-refractivity contribution < 1.29 is 0 Å². The number of rotatable bonds is 1. The summed E-state index contributed by atoms with van der Waals surface area (Å²) in [6.45, 7) is 2.01. The summed E-state index contributed by atoms with van der Waals surface area (Å²) in [6.07, 6.45) is 0.802. The van der Waals surface area contributed by atoms with Crippen molar-refractivity contribution in [1.29, 1.82) is 0 Å². The normalized spacial score (nSPS) is 10.7. The van der Waals surface area contributed by atoms with E-state index < -0.39 is 0 Å². The summed E-state index contributed by atoms with van der Waals surface area (Å²) in [7, 11) is 0. The minimum atomic E-state index is 0.549. The van der Waals surface area contributed by atoms with Gasteiger partial charge in [-0.1, -0.05) is 22.9 Å². The lowest BCUT2D eigenvalue weighted by molar-refractivity contribution is 0.966. The molecule has 0 saturated heterocycles. The first-order chi connectivity index (χ1) is 6.70. The zero-order valence-corrected chi connectivity index (χ0v) is 9.37. The van der Waals surface area contributed by atoms with Gasteiger partial charge in [-0.2, -0.15) is 0 Å². The van der Waals surface area contributed by atoms with E-state index in [1.807, 2.05) is 25.1 Å². The number of benzene rings is 1. The quantitative estimate of drug-likeness (QED) is 0.848. The van der Waals surface area contributed by atoms with Crippen molar-refractivity contribution >= 4 is 32.7 Å². The van der Waals surface area contributed by atoms with Crippen LogP contribution in [-0.4, -0.2) is 9.97 Å². The molecule has 0 saturated carbocycles. The molecule has 1 aromatic heterocycles. The number of hydrogen-bond donors (Lipinski definition) is 1. The Balaban J connectivity index is 2.76. The molecule has 0 amide bonds. The van der Waals surface area contributed by atoms with Gasteiger partial charge in [-0.3, -0.25) is 0 Å². The first kappa shape index (κ1) is 9.40. The van der Waals surface area contributed by atoms with Gasteiger partial charge in [0.15, 0.2) is 0 Å². The Morgan fingerprint density at radius 1 is 1.36 bits per heavy atom. The molecule has 0 radical (unpaired) electrons. The highest BCUT2D eigenvalue weighted by atomic mass is 79.9. The second kappa shape index (κ2) is 3.53. The lowest BCUT2D eigenvalue weighted by Gasteiger charge is -2.03. The number of nitrogens with two attached hydrogens (primary N) is 1. The summed E-state index contributed by atoms with van der Waals surface area (Å²) < 4.78 is 0.990. The summed E-state index contributed by atoms with van der Waals surface area (Å²) in [5, 5.41) is 0.900. The highest BCUT2D eigenvalue weighted by Crippen LogP contribution is 2.22. The molecule has 14 heavy (non-hydrogen) atoms. The minimum Gasteiger partial charge on any atom is -0.383 e. The number of aryl methyl sites for hydroxylation is 1. The van der Waals surface area contributed by atoms with Crippen molar-refractivity contribution in [2.24, 2.45) is 0 Å². The highest BCUT2D eigenvalue weighted by Gasteiger charge is 2.03. The summed E-state index contributed by atoms with van der Waals surface area (Å²) in [5.41, 5.74) is 6.73. The molecule has 0 aliphatic carbocycles. The van der Waals surface area contributed by atoms with Crippen LogP contribution in [0.25, 0.3) is 10.9 Å². The molecule has 0 aliphatic rings. The molecule has 0 bridgehead atoms. The zero-order chi connectivity index (χ0) is 10.1. The van der Waals surface area contributed by atoms with E-state index in [1.165, 1.54) is 0 Å². The molecular formula is C10H10BrN3. The van der Waals surface area contributed by atoms with E-state index in [1.54, 1.807) is 0 Å². The molecule has 2 N–H and O–H groups in total. The summed E-state index contributed by atoms with van der Waals surface area (Å²) in [4.78, 5) is 8.59. The lowest BCUT2D eigenvalue weighted by Crippen LogP contribution is -1.99. The van der Waals surface area contributed by atoms with Crippen molar-refractivity contribution in [2.45, 2.75) is 13.3 Å². The van der Waals surface area contributed by atoms with Crippen LogP contribution in [0.1, 0.15) is 12.7 Å². The van der Waals surface area contributed by atoms with Gasteiger partial charge in [-0.25, -0.2) is 9.97 Å². The predicted molar refractivity (Wildman–Crippen MR) is 61.0 cm³/mol. The van der Waals surface area contributed by atoms with Crippen LogP contribution in [0.5, 0.6) is 0 Å². The van der Waals surface area contributed by atoms with Crippen molar-refractivity contribution in [3.63, 3.8) is 0 Å². The lowest BCUT2D eigenvalue weighted by atomic mass is 10.2. The predicted octanol–water partition coefficient (Wildman–Crippen LogP) is 2.54. The van der Waals surface area contributed by atoms with Crippen LogP contribution in [0.15, 0.2) is 22.7 Å². The molecule has 1 aromatic carbocycles. The van der Waals surface area contributed by atoms with E-state index in [0.29, 0.717) is 5.82 Å². The van der Waals surface area contributed by atoms with E-state index in [4.69, 9.17) is 5.73 Å². The maximum absolute atomic E-state index is 5.83. The smallest absolute Gasteiger partial charge is 0.135 e. The van der Waals surface area contributed by atoms with Crippen molar-refractivity contribution in [3.8, 4) is 0 Å². The van der Waals surface area contributed by atoms with Gasteiger partial charge >= 0.3 is 0 Å². The van der Waals surface area contributed by atoms with Gasteiger partial charge in [-0.05, 0) is 18.2 Å². The third kappa shape index (κ3) is 1.57. The summed E-state index contributed by atoms with van der Waals surface area (Å²) in [5.74, 6) is 1.34. The van der Waals surface area contributed by atoms with Crippen LogP contribution in [0, 0.1) is 0 Å². The Morgan fingerprint density at radius 3 is 2.86 bits per heavy atom. The molecule has 3 nitrogen and oxygen atoms in total. The Labute approximate surface area is 90.5 Å². The average Bonchev–Trinajstić information content (AvgIpc) is 2.19. The largest absolute Gasteiger partial charge is 0.383 e. The van der Waals surface area contributed by atoms with Crippen molar-refractivity contribution in [1.82, 2.24) is 9.97 Å². The highest BCUT2D eigenvalue weighted by molar-refractivity contribution is 9.10. The molecule has 0 fully saturated rings. The average molecular weight is 252 g/mol.